The van der Waals surface area contributed by atoms with Crippen LogP contribution in [-0.4, -0.2) is 83.8 Å². The summed E-state index contributed by atoms with van der Waals surface area (Å²) in [6, 6.07) is 27.6. The summed E-state index contributed by atoms with van der Waals surface area (Å²) in [6.07, 6.45) is 0. The second kappa shape index (κ2) is 8.45. The van der Waals surface area contributed by atoms with Gasteiger partial charge in [-0.2, -0.15) is 0 Å². The molecule has 0 nitrogen and oxygen atoms in total. The van der Waals surface area contributed by atoms with Gasteiger partial charge in [0.15, 0.2) is 0 Å². The fraction of sp³-hybridized carbons (Fsp3) is 0. The van der Waals surface area contributed by atoms with Crippen molar-refractivity contribution < 1.29 is 0 Å². The van der Waals surface area contributed by atoms with Crippen LogP contribution < -0.4 is 24.4 Å². The first-order valence-electron chi connectivity index (χ1n) is 7.63. The molecule has 0 amide bonds. The van der Waals surface area contributed by atoms with E-state index in [-0.39, 0.29) is 0 Å². The van der Waals surface area contributed by atoms with Crippen molar-refractivity contribution in [2.24, 2.45) is 0 Å². The topological polar surface area (TPSA) is 0 Å². The molecule has 3 aromatic carbocycles. The molecule has 0 bridgehead atoms. The molecule has 3 rings (SSSR count). The zero-order valence-electron chi connectivity index (χ0n) is 13.4. The maximum atomic E-state index is 2.41. The molecule has 0 fully saturated rings. The van der Waals surface area contributed by atoms with Gasteiger partial charge in [0.2, 0.25) is 0 Å². The summed E-state index contributed by atoms with van der Waals surface area (Å²) in [6.45, 7) is 0. The SMILES string of the molecule is [Na][c]1cccc(P(c2ccc[c]([Na])c2)c2ccc[c]([Na])c2)c1. The van der Waals surface area contributed by atoms with Gasteiger partial charge in [-0.1, -0.05) is 0 Å². The third-order valence-corrected chi connectivity index (χ3v) is 8.03. The van der Waals surface area contributed by atoms with Crippen molar-refractivity contribution in [3.05, 3.63) is 72.8 Å². The number of rotatable bonds is 3. The molecule has 0 radical (unpaired) electrons. The van der Waals surface area contributed by atoms with Gasteiger partial charge in [-0.15, -0.1) is 0 Å². The Bertz CT molecular complexity index is 693. The Balaban J connectivity index is 2.18. The molecular formula is C18H12Na3P. The Labute approximate surface area is 186 Å². The van der Waals surface area contributed by atoms with E-state index in [0.717, 1.165) is 83.8 Å². The number of benzene rings is 3. The molecule has 0 N–H and O–H groups in total. The molecule has 4 heteroatoms. The molecule has 0 atom stereocenters. The fourth-order valence-electron chi connectivity index (χ4n) is 2.75. The Hall–Kier alpha value is 1.09. The van der Waals surface area contributed by atoms with Gasteiger partial charge in [0, 0.05) is 0 Å². The van der Waals surface area contributed by atoms with Gasteiger partial charge in [-0.05, 0) is 0 Å². The molecule has 0 unspecified atom stereocenters. The average molecular weight is 328 g/mol. The fourth-order valence-corrected chi connectivity index (χ4v) is 7.59. The van der Waals surface area contributed by atoms with Crippen molar-refractivity contribution in [2.75, 3.05) is 0 Å². The van der Waals surface area contributed by atoms with Crippen molar-refractivity contribution >= 4 is 116 Å². The minimum absolute atomic E-state index is 0.428. The molecule has 0 aliphatic heterocycles. The van der Waals surface area contributed by atoms with E-state index in [2.05, 4.69) is 72.8 Å². The van der Waals surface area contributed by atoms with Gasteiger partial charge in [-0.25, -0.2) is 0 Å². The second-order valence-corrected chi connectivity index (χ2v) is 11.5. The van der Waals surface area contributed by atoms with Crippen LogP contribution in [0.5, 0.6) is 0 Å². The summed E-state index contributed by atoms with van der Waals surface area (Å²) in [7, 11) is -0.428. The average Bonchev–Trinajstić information content (AvgIpc) is 2.48. The predicted molar refractivity (Wildman–Crippen MR) is 101 cm³/mol. The van der Waals surface area contributed by atoms with Crippen LogP contribution in [0.25, 0.3) is 0 Å². The predicted octanol–water partition coefficient (Wildman–Crippen LogP) is -0.174. The molecule has 0 aromatic heterocycles. The molecule has 0 saturated carbocycles. The number of hydrogen-bond donors (Lipinski definition) is 0. The summed E-state index contributed by atoms with van der Waals surface area (Å²) >= 11 is 3.34. The van der Waals surface area contributed by atoms with Crippen molar-refractivity contribution in [2.45, 2.75) is 0 Å². The van der Waals surface area contributed by atoms with Crippen molar-refractivity contribution in [1.29, 1.82) is 0 Å². The summed E-state index contributed by atoms with van der Waals surface area (Å²) < 4.78 is 4.44. The van der Waals surface area contributed by atoms with Crippen LogP contribution in [0.4, 0.5) is 0 Å². The van der Waals surface area contributed by atoms with Crippen molar-refractivity contribution in [3.8, 4) is 0 Å². The van der Waals surface area contributed by atoms with Gasteiger partial charge in [0.05, 0.1) is 0 Å². The van der Waals surface area contributed by atoms with Crippen molar-refractivity contribution in [1.82, 2.24) is 0 Å². The molecule has 0 aliphatic carbocycles. The molecule has 22 heavy (non-hydrogen) atoms. The van der Waals surface area contributed by atoms with E-state index < -0.39 is 7.92 Å². The standard InChI is InChI=1S/C18H12P.3Na/c1-4-10-16(11-5-1)19(17-12-6-2-7-13-17)18-14-8-3-9-15-18;;;/h1-4,6,8,10-15H;;;. The van der Waals surface area contributed by atoms with Crippen LogP contribution in [0.3, 0.4) is 0 Å². The zero-order chi connectivity index (χ0) is 15.5. The molecule has 0 saturated heterocycles. The van der Waals surface area contributed by atoms with Crippen LogP contribution in [-0.2, 0) is 0 Å². The Morgan fingerprint density at radius 3 is 1.09 bits per heavy atom. The first kappa shape index (κ1) is 17.9. The van der Waals surface area contributed by atoms with Crippen LogP contribution in [0.15, 0.2) is 72.8 Å². The maximum absolute atomic E-state index is 2.41. The van der Waals surface area contributed by atoms with E-state index in [9.17, 15) is 0 Å². The van der Waals surface area contributed by atoms with Gasteiger partial charge in [-0.3, -0.25) is 0 Å². The molecule has 0 spiro atoms. The summed E-state index contributed by atoms with van der Waals surface area (Å²) in [5.41, 5.74) is 0. The Morgan fingerprint density at radius 1 is 0.500 bits per heavy atom. The summed E-state index contributed by atoms with van der Waals surface area (Å²) in [4.78, 5) is 0. The third kappa shape index (κ3) is 4.58. The van der Waals surface area contributed by atoms with E-state index in [1.54, 1.807) is 0 Å². The van der Waals surface area contributed by atoms with E-state index >= 15 is 0 Å². The van der Waals surface area contributed by atoms with Gasteiger partial charge < -0.3 is 0 Å². The summed E-state index contributed by atoms with van der Waals surface area (Å²) in [5.74, 6) is 0. The molecule has 92 valence electrons. The second-order valence-electron chi connectivity index (χ2n) is 5.85. The third-order valence-electron chi connectivity index (χ3n) is 3.78. The van der Waals surface area contributed by atoms with E-state index in [1.165, 1.54) is 24.4 Å². The van der Waals surface area contributed by atoms with Gasteiger partial charge in [0.25, 0.3) is 0 Å². The first-order valence-corrected chi connectivity index (χ1v) is 12.0. The molecule has 0 heterocycles. The van der Waals surface area contributed by atoms with E-state index in [0.29, 0.717) is 0 Å². The molecule has 0 aliphatic rings. The van der Waals surface area contributed by atoms with E-state index in [1.807, 2.05) is 0 Å². The number of hydrogen-bond acceptors (Lipinski definition) is 0. The quantitative estimate of drug-likeness (QED) is 0.463. The van der Waals surface area contributed by atoms with Gasteiger partial charge >= 0.3 is 189 Å². The monoisotopic (exact) mass is 328 g/mol. The first-order chi connectivity index (χ1) is 10.6. The molecule has 3 aromatic rings. The van der Waals surface area contributed by atoms with E-state index in [4.69, 9.17) is 0 Å². The van der Waals surface area contributed by atoms with Crippen molar-refractivity contribution in [3.63, 3.8) is 0 Å². The van der Waals surface area contributed by atoms with Crippen LogP contribution in [0.1, 0.15) is 0 Å². The Morgan fingerprint density at radius 2 is 0.818 bits per heavy atom. The zero-order valence-corrected chi connectivity index (χ0v) is 20.3. The Kier molecular flexibility index (Phi) is 6.88. The van der Waals surface area contributed by atoms with Crippen LogP contribution in [0.2, 0.25) is 0 Å². The molecular weight excluding hydrogens is 316 g/mol. The van der Waals surface area contributed by atoms with Crippen LogP contribution in [0, 0.1) is 0 Å². The normalized spacial score (nSPS) is 11.0. The minimum atomic E-state index is -0.428. The van der Waals surface area contributed by atoms with Crippen LogP contribution >= 0.6 is 7.92 Å². The van der Waals surface area contributed by atoms with Gasteiger partial charge in [0.1, 0.15) is 0 Å². The summed E-state index contributed by atoms with van der Waals surface area (Å²) in [5, 5.41) is 4.46.